The van der Waals surface area contributed by atoms with Crippen molar-refractivity contribution in [1.82, 2.24) is 10.2 Å². The van der Waals surface area contributed by atoms with Crippen LogP contribution in [0.2, 0.25) is 0 Å². The normalized spacial score (nSPS) is 18.4. The molecule has 0 aromatic rings. The fourth-order valence-corrected chi connectivity index (χ4v) is 2.79. The number of nitrogens with zero attached hydrogens (tertiary/aromatic N) is 1. The predicted octanol–water partition coefficient (Wildman–Crippen LogP) is 1.74. The highest BCUT2D eigenvalue weighted by molar-refractivity contribution is 5.78. The minimum Gasteiger partial charge on any atom is -0.352 e. The number of likely N-dealkylation sites (N-methyl/N-ethyl adjacent to an activating group) is 1. The molecule has 1 amide bonds. The Morgan fingerprint density at radius 3 is 2.37 bits per heavy atom. The smallest absolute Gasteiger partial charge is 0.234 e. The van der Waals surface area contributed by atoms with E-state index in [1.165, 1.54) is 25.7 Å². The quantitative estimate of drug-likeness (QED) is 0.722. The zero-order valence-corrected chi connectivity index (χ0v) is 12.9. The summed E-state index contributed by atoms with van der Waals surface area (Å²) in [4.78, 5) is 14.1. The van der Waals surface area contributed by atoms with Crippen molar-refractivity contribution in [1.29, 1.82) is 0 Å². The fraction of sp³-hybridized carbons (Fsp3) is 0.933. The van der Waals surface area contributed by atoms with Gasteiger partial charge < -0.3 is 11.1 Å². The summed E-state index contributed by atoms with van der Waals surface area (Å²) in [6.45, 7) is 6.22. The molecule has 112 valence electrons. The summed E-state index contributed by atoms with van der Waals surface area (Å²) >= 11 is 0. The first-order chi connectivity index (χ1) is 8.93. The molecule has 0 aromatic heterocycles. The average molecular weight is 269 g/mol. The lowest BCUT2D eigenvalue weighted by Gasteiger charge is -2.29. The number of carbonyl (C=O) groups excluding carboxylic acids is 1. The third-order valence-electron chi connectivity index (χ3n) is 3.88. The van der Waals surface area contributed by atoms with Gasteiger partial charge in [-0.25, -0.2) is 0 Å². The van der Waals surface area contributed by atoms with Crippen molar-refractivity contribution in [2.75, 3.05) is 26.7 Å². The number of hydrogen-bond acceptors (Lipinski definition) is 3. The summed E-state index contributed by atoms with van der Waals surface area (Å²) in [5.74, 6) is 0.155. The van der Waals surface area contributed by atoms with Gasteiger partial charge in [0.05, 0.1) is 6.54 Å². The monoisotopic (exact) mass is 269 g/mol. The van der Waals surface area contributed by atoms with Crippen LogP contribution in [-0.4, -0.2) is 43.5 Å². The average Bonchev–Trinajstić information content (AvgIpc) is 2.56. The fourth-order valence-electron chi connectivity index (χ4n) is 2.79. The predicted molar refractivity (Wildman–Crippen MR) is 80.0 cm³/mol. The molecular formula is C15H31N3O. The van der Waals surface area contributed by atoms with E-state index in [9.17, 15) is 4.79 Å². The Morgan fingerprint density at radius 2 is 1.84 bits per heavy atom. The van der Waals surface area contributed by atoms with E-state index in [0.717, 1.165) is 19.4 Å². The summed E-state index contributed by atoms with van der Waals surface area (Å²) in [5, 5.41) is 3.18. The Kier molecular flexibility index (Phi) is 6.80. The van der Waals surface area contributed by atoms with Gasteiger partial charge in [0, 0.05) is 12.6 Å². The first-order valence-electron chi connectivity index (χ1n) is 7.61. The van der Waals surface area contributed by atoms with Gasteiger partial charge in [0.15, 0.2) is 0 Å². The van der Waals surface area contributed by atoms with Gasteiger partial charge in [-0.05, 0) is 31.8 Å². The van der Waals surface area contributed by atoms with Crippen LogP contribution in [0.4, 0.5) is 0 Å². The summed E-state index contributed by atoms with van der Waals surface area (Å²) in [6, 6.07) is 0.394. The van der Waals surface area contributed by atoms with Crippen LogP contribution in [0.25, 0.3) is 0 Å². The van der Waals surface area contributed by atoms with E-state index in [2.05, 4.69) is 24.1 Å². The molecule has 0 aliphatic heterocycles. The van der Waals surface area contributed by atoms with Gasteiger partial charge in [-0.3, -0.25) is 9.69 Å². The third-order valence-corrected chi connectivity index (χ3v) is 3.88. The lowest BCUT2D eigenvalue weighted by Crippen LogP contribution is -2.44. The first kappa shape index (κ1) is 16.4. The summed E-state index contributed by atoms with van der Waals surface area (Å²) in [7, 11) is 1.99. The summed E-state index contributed by atoms with van der Waals surface area (Å²) in [6.07, 6.45) is 7.42. The molecule has 1 saturated carbocycles. The summed E-state index contributed by atoms with van der Waals surface area (Å²) < 4.78 is 0. The van der Waals surface area contributed by atoms with Crippen molar-refractivity contribution < 1.29 is 4.79 Å². The van der Waals surface area contributed by atoms with Gasteiger partial charge >= 0.3 is 0 Å². The highest BCUT2D eigenvalue weighted by Crippen LogP contribution is 2.17. The third kappa shape index (κ3) is 6.92. The van der Waals surface area contributed by atoms with E-state index in [0.29, 0.717) is 19.1 Å². The van der Waals surface area contributed by atoms with Crippen molar-refractivity contribution in [3.63, 3.8) is 0 Å². The Balaban J connectivity index is 2.29. The van der Waals surface area contributed by atoms with E-state index in [1.807, 2.05) is 7.05 Å². The minimum absolute atomic E-state index is 0.0668. The molecule has 1 rings (SSSR count). The standard InChI is InChI=1S/C15H31N3O/c1-15(2,11-16)12-18(3)10-14(19)17-13-8-6-4-5-7-9-13/h13H,4-12,16H2,1-3H3,(H,17,19). The Morgan fingerprint density at radius 1 is 1.26 bits per heavy atom. The van der Waals surface area contributed by atoms with Crippen molar-refractivity contribution in [2.24, 2.45) is 11.1 Å². The lowest BCUT2D eigenvalue weighted by molar-refractivity contribution is -0.123. The van der Waals surface area contributed by atoms with E-state index < -0.39 is 0 Å². The number of carbonyl (C=O) groups is 1. The molecule has 0 aromatic carbocycles. The van der Waals surface area contributed by atoms with E-state index in [4.69, 9.17) is 5.73 Å². The SMILES string of the molecule is CN(CC(=O)NC1CCCCCC1)CC(C)(C)CN. The Hall–Kier alpha value is -0.610. The molecule has 0 radical (unpaired) electrons. The van der Waals surface area contributed by atoms with E-state index in [-0.39, 0.29) is 11.3 Å². The second-order valence-corrected chi connectivity index (χ2v) is 6.80. The van der Waals surface area contributed by atoms with Gasteiger partial charge in [0.1, 0.15) is 0 Å². The maximum Gasteiger partial charge on any atom is 0.234 e. The van der Waals surface area contributed by atoms with Gasteiger partial charge in [0.2, 0.25) is 5.91 Å². The molecule has 4 nitrogen and oxygen atoms in total. The van der Waals surface area contributed by atoms with Crippen molar-refractivity contribution in [3.05, 3.63) is 0 Å². The molecule has 19 heavy (non-hydrogen) atoms. The molecule has 0 unspecified atom stereocenters. The Labute approximate surface area is 118 Å². The second-order valence-electron chi connectivity index (χ2n) is 6.80. The van der Waals surface area contributed by atoms with E-state index >= 15 is 0 Å². The van der Waals surface area contributed by atoms with Gasteiger partial charge in [0.25, 0.3) is 0 Å². The van der Waals surface area contributed by atoms with Crippen LogP contribution in [0.1, 0.15) is 52.4 Å². The van der Waals surface area contributed by atoms with Crippen LogP contribution in [0, 0.1) is 5.41 Å². The number of hydrogen-bond donors (Lipinski definition) is 2. The van der Waals surface area contributed by atoms with Crippen molar-refractivity contribution in [2.45, 2.75) is 58.4 Å². The summed E-state index contributed by atoms with van der Waals surface area (Å²) in [5.41, 5.74) is 5.79. The van der Waals surface area contributed by atoms with Gasteiger partial charge in [-0.15, -0.1) is 0 Å². The topological polar surface area (TPSA) is 58.4 Å². The minimum atomic E-state index is 0.0668. The second kappa shape index (κ2) is 7.85. The van der Waals surface area contributed by atoms with Crippen LogP contribution in [0.5, 0.6) is 0 Å². The highest BCUT2D eigenvalue weighted by atomic mass is 16.2. The molecular weight excluding hydrogens is 238 g/mol. The van der Waals surface area contributed by atoms with Crippen molar-refractivity contribution >= 4 is 5.91 Å². The van der Waals surface area contributed by atoms with Crippen LogP contribution >= 0.6 is 0 Å². The maximum absolute atomic E-state index is 12.0. The highest BCUT2D eigenvalue weighted by Gasteiger charge is 2.20. The number of nitrogens with one attached hydrogen (secondary N) is 1. The molecule has 0 bridgehead atoms. The molecule has 0 heterocycles. The number of rotatable bonds is 6. The van der Waals surface area contributed by atoms with Crippen LogP contribution in [0.3, 0.4) is 0 Å². The molecule has 0 spiro atoms. The van der Waals surface area contributed by atoms with Gasteiger partial charge in [-0.2, -0.15) is 0 Å². The first-order valence-corrected chi connectivity index (χ1v) is 7.61. The molecule has 4 heteroatoms. The largest absolute Gasteiger partial charge is 0.352 e. The van der Waals surface area contributed by atoms with Crippen LogP contribution < -0.4 is 11.1 Å². The number of nitrogens with two attached hydrogens (primary N) is 1. The van der Waals surface area contributed by atoms with Gasteiger partial charge in [-0.1, -0.05) is 39.5 Å². The van der Waals surface area contributed by atoms with Crippen molar-refractivity contribution in [3.8, 4) is 0 Å². The van der Waals surface area contributed by atoms with Crippen LogP contribution in [0.15, 0.2) is 0 Å². The number of amides is 1. The van der Waals surface area contributed by atoms with Crippen LogP contribution in [-0.2, 0) is 4.79 Å². The molecule has 1 fully saturated rings. The Bertz CT molecular complexity index is 271. The zero-order valence-electron chi connectivity index (χ0n) is 12.9. The molecule has 3 N–H and O–H groups in total. The maximum atomic E-state index is 12.0. The molecule has 1 aliphatic carbocycles. The van der Waals surface area contributed by atoms with E-state index in [1.54, 1.807) is 0 Å². The molecule has 0 saturated heterocycles. The molecule has 1 aliphatic rings. The lowest BCUT2D eigenvalue weighted by atomic mass is 9.93. The zero-order chi connectivity index (χ0) is 14.3. The molecule has 0 atom stereocenters.